The zero-order valence-corrected chi connectivity index (χ0v) is 13.3. The first-order valence-corrected chi connectivity index (χ1v) is 7.40. The van der Waals surface area contributed by atoms with Gasteiger partial charge in [0, 0.05) is 12.1 Å². The Labute approximate surface area is 129 Å². The molecular weight excluding hydrogens is 294 g/mol. The van der Waals surface area contributed by atoms with Crippen LogP contribution < -0.4 is 11.1 Å². The van der Waals surface area contributed by atoms with Crippen LogP contribution in [0.15, 0.2) is 23.7 Å². The Kier molecular flexibility index (Phi) is 4.68. The van der Waals surface area contributed by atoms with Gasteiger partial charge in [-0.2, -0.15) is 0 Å². The van der Waals surface area contributed by atoms with Crippen molar-refractivity contribution in [3.63, 3.8) is 0 Å². The Morgan fingerprint density at radius 1 is 1.57 bits per heavy atom. The van der Waals surface area contributed by atoms with E-state index >= 15 is 0 Å². The molecule has 0 aromatic carbocycles. The Hall–Kier alpha value is -1.40. The van der Waals surface area contributed by atoms with Gasteiger partial charge in [0.2, 0.25) is 0 Å². The molecule has 0 spiro atoms. The first-order valence-electron chi connectivity index (χ1n) is 6.97. The first-order chi connectivity index (χ1) is 9.76. The predicted octanol–water partition coefficient (Wildman–Crippen LogP) is 1.86. The van der Waals surface area contributed by atoms with Crippen molar-refractivity contribution in [3.8, 4) is 0 Å². The van der Waals surface area contributed by atoms with E-state index in [0.717, 1.165) is 13.0 Å². The molecule has 1 unspecified atom stereocenters. The van der Waals surface area contributed by atoms with Gasteiger partial charge in [-0.3, -0.25) is 4.90 Å². The molecule has 0 radical (unpaired) electrons. The SMILES string of the molecule is CC(C)(C)OC(=O)N1C=C(OCC2CCN2)C=C(N)[C@@H]1Cl. The summed E-state index contributed by atoms with van der Waals surface area (Å²) in [6.07, 6.45) is 3.69. The maximum atomic E-state index is 12.1. The maximum absolute atomic E-state index is 12.1. The van der Waals surface area contributed by atoms with Crippen LogP contribution in [0.1, 0.15) is 27.2 Å². The van der Waals surface area contributed by atoms with E-state index in [4.69, 9.17) is 26.8 Å². The van der Waals surface area contributed by atoms with E-state index in [1.165, 1.54) is 11.1 Å². The highest BCUT2D eigenvalue weighted by molar-refractivity contribution is 6.23. The van der Waals surface area contributed by atoms with Crippen molar-refractivity contribution >= 4 is 17.7 Å². The van der Waals surface area contributed by atoms with Crippen LogP contribution in [0.4, 0.5) is 4.79 Å². The number of rotatable bonds is 3. The van der Waals surface area contributed by atoms with E-state index in [9.17, 15) is 4.79 Å². The molecule has 2 aliphatic rings. The maximum Gasteiger partial charge on any atom is 0.416 e. The summed E-state index contributed by atoms with van der Waals surface area (Å²) in [6.45, 7) is 6.92. The van der Waals surface area contributed by atoms with Crippen LogP contribution in [0.3, 0.4) is 0 Å². The average molecular weight is 316 g/mol. The number of nitrogens with two attached hydrogens (primary N) is 1. The fourth-order valence-electron chi connectivity index (χ4n) is 1.86. The molecule has 21 heavy (non-hydrogen) atoms. The summed E-state index contributed by atoms with van der Waals surface area (Å²) in [5.74, 6) is 0.504. The summed E-state index contributed by atoms with van der Waals surface area (Å²) in [4.78, 5) is 13.4. The van der Waals surface area contributed by atoms with Crippen LogP contribution in [0.2, 0.25) is 0 Å². The zero-order valence-electron chi connectivity index (χ0n) is 12.6. The standard InChI is InChI=1S/C14H22ClN3O3/c1-14(2,3)21-13(19)18-7-10(6-11(16)12(18)15)20-8-9-4-5-17-9/h6-7,9,12,17H,4-5,8,16H2,1-3H3/t9?,12-/m1/s1. The quantitative estimate of drug-likeness (QED) is 0.614. The minimum absolute atomic E-state index is 0.349. The number of carbonyl (C=O) groups excluding carboxylic acids is 1. The molecule has 0 saturated carbocycles. The lowest BCUT2D eigenvalue weighted by Gasteiger charge is -2.32. The van der Waals surface area contributed by atoms with Gasteiger partial charge in [-0.25, -0.2) is 4.79 Å². The molecule has 1 fully saturated rings. The molecule has 0 aliphatic carbocycles. The number of ether oxygens (including phenoxy) is 2. The number of halogens is 1. The molecule has 1 saturated heterocycles. The van der Waals surface area contributed by atoms with E-state index in [2.05, 4.69) is 5.32 Å². The Bertz CT molecular complexity index is 467. The highest BCUT2D eigenvalue weighted by Gasteiger charge is 2.31. The van der Waals surface area contributed by atoms with Crippen LogP contribution in [0, 0.1) is 0 Å². The van der Waals surface area contributed by atoms with Gasteiger partial charge in [-0.05, 0) is 33.7 Å². The highest BCUT2D eigenvalue weighted by Crippen LogP contribution is 2.24. The number of hydrogen-bond donors (Lipinski definition) is 2. The number of allylic oxidation sites excluding steroid dienone is 1. The van der Waals surface area contributed by atoms with Crippen molar-refractivity contribution in [1.29, 1.82) is 0 Å². The number of carbonyl (C=O) groups is 1. The van der Waals surface area contributed by atoms with Crippen LogP contribution in [-0.2, 0) is 9.47 Å². The number of nitrogens with one attached hydrogen (secondary N) is 1. The molecule has 2 aliphatic heterocycles. The van der Waals surface area contributed by atoms with Crippen molar-refractivity contribution in [3.05, 3.63) is 23.7 Å². The minimum Gasteiger partial charge on any atom is -0.490 e. The van der Waals surface area contributed by atoms with Gasteiger partial charge < -0.3 is 20.5 Å². The molecular formula is C14H22ClN3O3. The van der Waals surface area contributed by atoms with Crippen LogP contribution in [0.25, 0.3) is 0 Å². The fourth-order valence-corrected chi connectivity index (χ4v) is 2.06. The molecule has 0 aromatic heterocycles. The first kappa shape index (κ1) is 16.0. The predicted molar refractivity (Wildman–Crippen MR) is 80.4 cm³/mol. The van der Waals surface area contributed by atoms with Gasteiger partial charge in [-0.1, -0.05) is 11.6 Å². The van der Waals surface area contributed by atoms with Crippen molar-refractivity contribution in [2.45, 2.75) is 44.3 Å². The highest BCUT2D eigenvalue weighted by atomic mass is 35.5. The Morgan fingerprint density at radius 2 is 2.24 bits per heavy atom. The Morgan fingerprint density at radius 3 is 2.76 bits per heavy atom. The monoisotopic (exact) mass is 315 g/mol. The van der Waals surface area contributed by atoms with Crippen LogP contribution in [-0.4, -0.2) is 41.3 Å². The Balaban J connectivity index is 2.02. The fraction of sp³-hybridized carbons (Fsp3) is 0.643. The molecule has 2 rings (SSSR count). The van der Waals surface area contributed by atoms with Crippen molar-refractivity contribution in [1.82, 2.24) is 10.2 Å². The molecule has 0 bridgehead atoms. The lowest BCUT2D eigenvalue weighted by Crippen LogP contribution is -2.46. The van der Waals surface area contributed by atoms with Crippen LogP contribution in [0.5, 0.6) is 0 Å². The summed E-state index contributed by atoms with van der Waals surface area (Å²) < 4.78 is 11.0. The summed E-state index contributed by atoms with van der Waals surface area (Å²) >= 11 is 6.14. The lowest BCUT2D eigenvalue weighted by atomic mass is 10.1. The van der Waals surface area contributed by atoms with Crippen LogP contribution >= 0.6 is 11.6 Å². The van der Waals surface area contributed by atoms with Crippen molar-refractivity contribution < 1.29 is 14.3 Å². The molecule has 118 valence electrons. The topological polar surface area (TPSA) is 76.8 Å². The second-order valence-corrected chi connectivity index (χ2v) is 6.56. The number of amides is 1. The van der Waals surface area contributed by atoms with Gasteiger partial charge in [0.15, 0.2) is 5.50 Å². The molecule has 1 amide bonds. The van der Waals surface area contributed by atoms with Gasteiger partial charge in [0.25, 0.3) is 0 Å². The number of nitrogens with zero attached hydrogens (tertiary/aromatic N) is 1. The molecule has 2 atom stereocenters. The number of hydrogen-bond acceptors (Lipinski definition) is 5. The third-order valence-corrected chi connectivity index (χ3v) is 3.54. The van der Waals surface area contributed by atoms with Gasteiger partial charge in [0.05, 0.1) is 11.9 Å². The average Bonchev–Trinajstić information content (AvgIpc) is 2.29. The van der Waals surface area contributed by atoms with Gasteiger partial charge in [-0.15, -0.1) is 0 Å². The third kappa shape index (κ3) is 4.28. The third-order valence-electron chi connectivity index (χ3n) is 3.08. The van der Waals surface area contributed by atoms with E-state index in [0.29, 0.717) is 24.1 Å². The van der Waals surface area contributed by atoms with Crippen molar-refractivity contribution in [2.24, 2.45) is 5.73 Å². The lowest BCUT2D eigenvalue weighted by molar-refractivity contribution is 0.0312. The molecule has 0 aromatic rings. The largest absolute Gasteiger partial charge is 0.490 e. The molecule has 2 heterocycles. The molecule has 3 N–H and O–H groups in total. The summed E-state index contributed by atoms with van der Waals surface area (Å²) in [7, 11) is 0. The van der Waals surface area contributed by atoms with E-state index in [1.807, 2.05) is 0 Å². The zero-order chi connectivity index (χ0) is 15.6. The van der Waals surface area contributed by atoms with E-state index < -0.39 is 17.2 Å². The van der Waals surface area contributed by atoms with Crippen molar-refractivity contribution in [2.75, 3.05) is 13.2 Å². The molecule has 7 heteroatoms. The van der Waals surface area contributed by atoms with E-state index in [-0.39, 0.29) is 0 Å². The van der Waals surface area contributed by atoms with E-state index in [1.54, 1.807) is 26.8 Å². The smallest absolute Gasteiger partial charge is 0.416 e. The van der Waals surface area contributed by atoms with Gasteiger partial charge >= 0.3 is 6.09 Å². The van der Waals surface area contributed by atoms with Gasteiger partial charge in [0.1, 0.15) is 18.0 Å². The normalized spacial score (nSPS) is 25.6. The summed E-state index contributed by atoms with van der Waals surface area (Å²) in [5, 5.41) is 3.23. The number of alkyl halides is 1. The minimum atomic E-state index is -0.769. The molecule has 6 nitrogen and oxygen atoms in total. The second kappa shape index (κ2) is 6.15. The summed E-state index contributed by atoms with van der Waals surface area (Å²) in [6, 6.07) is 0.351. The summed E-state index contributed by atoms with van der Waals surface area (Å²) in [5.41, 5.74) is 4.83. The second-order valence-electron chi connectivity index (χ2n) is 6.15.